The molecule has 21 heavy (non-hydrogen) atoms. The molecule has 0 aliphatic carbocycles. The van der Waals surface area contributed by atoms with Crippen LogP contribution in [0, 0.1) is 0 Å². The second-order valence-corrected chi connectivity index (χ2v) is 6.35. The van der Waals surface area contributed by atoms with Gasteiger partial charge >= 0.3 is 0 Å². The molecule has 3 rings (SSSR count). The lowest BCUT2D eigenvalue weighted by Crippen LogP contribution is -2.30. The van der Waals surface area contributed by atoms with Crippen molar-refractivity contribution >= 4 is 28.6 Å². The Kier molecular flexibility index (Phi) is 4.07. The largest absolute Gasteiger partial charge is 0.347 e. The van der Waals surface area contributed by atoms with Gasteiger partial charge < -0.3 is 5.32 Å². The fraction of sp³-hybridized carbons (Fsp3) is 0.231. The first kappa shape index (κ1) is 13.9. The molecule has 8 heteroatoms. The van der Waals surface area contributed by atoms with Crippen LogP contribution in [0.15, 0.2) is 35.0 Å². The molecule has 0 spiro atoms. The highest BCUT2D eigenvalue weighted by atomic mass is 32.1. The third-order valence-electron chi connectivity index (χ3n) is 2.83. The van der Waals surface area contributed by atoms with Gasteiger partial charge in [-0.15, -0.1) is 32.9 Å². The van der Waals surface area contributed by atoms with Crippen molar-refractivity contribution in [3.05, 3.63) is 39.9 Å². The molecular formula is C13H13N5OS2. The summed E-state index contributed by atoms with van der Waals surface area (Å²) in [6, 6.07) is 7.80. The van der Waals surface area contributed by atoms with Crippen LogP contribution in [0.1, 0.15) is 17.8 Å². The average molecular weight is 319 g/mol. The quantitative estimate of drug-likeness (QED) is 0.783. The van der Waals surface area contributed by atoms with E-state index in [0.717, 1.165) is 9.75 Å². The Bertz CT molecular complexity index is 705. The van der Waals surface area contributed by atoms with Crippen molar-refractivity contribution in [1.29, 1.82) is 0 Å². The van der Waals surface area contributed by atoms with Gasteiger partial charge in [0.15, 0.2) is 0 Å². The number of nitrogens with zero attached hydrogens (tertiary/aromatic N) is 4. The van der Waals surface area contributed by atoms with Gasteiger partial charge in [0.05, 0.1) is 10.9 Å². The maximum Gasteiger partial charge on any atom is 0.244 e. The van der Waals surface area contributed by atoms with Crippen LogP contribution in [0.4, 0.5) is 0 Å². The monoisotopic (exact) mass is 319 g/mol. The van der Waals surface area contributed by atoms with E-state index in [-0.39, 0.29) is 18.5 Å². The molecule has 0 saturated heterocycles. The van der Waals surface area contributed by atoms with Crippen LogP contribution in [0.2, 0.25) is 0 Å². The summed E-state index contributed by atoms with van der Waals surface area (Å²) in [4.78, 5) is 15.4. The molecule has 1 amide bonds. The summed E-state index contributed by atoms with van der Waals surface area (Å²) in [5, 5.41) is 18.9. The summed E-state index contributed by atoms with van der Waals surface area (Å²) in [5.74, 6) is 0.412. The molecule has 0 saturated carbocycles. The molecule has 0 unspecified atom stereocenters. The standard InChI is InChI=1S/C13H13N5OS2/c1-9(10-4-2-6-20-10)14-12(19)8-18-16-13(15-17-18)11-5-3-7-21-11/h2-7,9H,8H2,1H3,(H,14,19)/t9-/m1/s1. The van der Waals surface area contributed by atoms with E-state index in [4.69, 9.17) is 0 Å². The van der Waals surface area contributed by atoms with Crippen molar-refractivity contribution in [3.63, 3.8) is 0 Å². The molecule has 0 aliphatic rings. The van der Waals surface area contributed by atoms with Crippen molar-refractivity contribution in [1.82, 2.24) is 25.5 Å². The van der Waals surface area contributed by atoms with E-state index in [1.807, 2.05) is 41.9 Å². The first-order chi connectivity index (χ1) is 10.2. The maximum atomic E-state index is 12.0. The van der Waals surface area contributed by atoms with Crippen molar-refractivity contribution in [2.75, 3.05) is 0 Å². The molecule has 6 nitrogen and oxygen atoms in total. The molecule has 0 fully saturated rings. The van der Waals surface area contributed by atoms with Gasteiger partial charge in [0, 0.05) is 4.88 Å². The smallest absolute Gasteiger partial charge is 0.244 e. The van der Waals surface area contributed by atoms with E-state index < -0.39 is 0 Å². The number of thiophene rings is 2. The third kappa shape index (κ3) is 3.34. The highest BCUT2D eigenvalue weighted by Gasteiger charge is 2.13. The number of aromatic nitrogens is 4. The number of amides is 1. The van der Waals surface area contributed by atoms with Gasteiger partial charge in [-0.25, -0.2) is 0 Å². The Hall–Kier alpha value is -2.06. The van der Waals surface area contributed by atoms with Gasteiger partial charge in [0.2, 0.25) is 11.7 Å². The van der Waals surface area contributed by atoms with Gasteiger partial charge in [-0.3, -0.25) is 4.79 Å². The predicted molar refractivity (Wildman–Crippen MR) is 82.0 cm³/mol. The topological polar surface area (TPSA) is 72.7 Å². The molecule has 1 N–H and O–H groups in total. The number of carbonyl (C=O) groups is 1. The highest BCUT2D eigenvalue weighted by molar-refractivity contribution is 7.13. The van der Waals surface area contributed by atoms with Gasteiger partial charge in [-0.1, -0.05) is 12.1 Å². The number of hydrogen-bond acceptors (Lipinski definition) is 6. The first-order valence-electron chi connectivity index (χ1n) is 6.37. The number of hydrogen-bond donors (Lipinski definition) is 1. The Balaban J connectivity index is 1.60. The SMILES string of the molecule is C[C@@H](NC(=O)Cn1nnc(-c2cccs2)n1)c1cccs1. The molecule has 0 radical (unpaired) electrons. The first-order valence-corrected chi connectivity index (χ1v) is 8.13. The Morgan fingerprint density at radius 2 is 2.14 bits per heavy atom. The van der Waals surface area contributed by atoms with Crippen molar-refractivity contribution < 1.29 is 4.79 Å². The Labute approximate surface area is 129 Å². The summed E-state index contributed by atoms with van der Waals surface area (Å²) in [7, 11) is 0. The van der Waals surface area contributed by atoms with E-state index in [9.17, 15) is 4.79 Å². The van der Waals surface area contributed by atoms with E-state index >= 15 is 0 Å². The zero-order valence-corrected chi connectivity index (χ0v) is 12.9. The zero-order chi connectivity index (χ0) is 14.7. The Morgan fingerprint density at radius 3 is 2.86 bits per heavy atom. The fourth-order valence-corrected chi connectivity index (χ4v) is 3.22. The zero-order valence-electron chi connectivity index (χ0n) is 11.3. The van der Waals surface area contributed by atoms with Gasteiger partial charge in [0.1, 0.15) is 6.54 Å². The average Bonchev–Trinajstić information content (AvgIpc) is 3.21. The molecule has 0 bridgehead atoms. The lowest BCUT2D eigenvalue weighted by atomic mass is 10.3. The normalized spacial score (nSPS) is 12.2. The third-order valence-corrected chi connectivity index (χ3v) is 4.75. The van der Waals surface area contributed by atoms with Crippen molar-refractivity contribution in [2.24, 2.45) is 0 Å². The van der Waals surface area contributed by atoms with Gasteiger partial charge in [-0.05, 0) is 35.0 Å². The van der Waals surface area contributed by atoms with Crippen molar-refractivity contribution in [3.8, 4) is 10.7 Å². The minimum atomic E-state index is -0.133. The molecule has 108 valence electrons. The number of tetrazole rings is 1. The molecule has 0 aliphatic heterocycles. The molecule has 0 aromatic carbocycles. The number of carbonyl (C=O) groups excluding carboxylic acids is 1. The Morgan fingerprint density at radius 1 is 1.33 bits per heavy atom. The molecule has 3 aromatic rings. The minimum Gasteiger partial charge on any atom is -0.347 e. The van der Waals surface area contributed by atoms with Crippen LogP contribution >= 0.6 is 22.7 Å². The molecule has 3 aromatic heterocycles. The summed E-state index contributed by atoms with van der Waals surface area (Å²) in [6.07, 6.45) is 0. The van der Waals surface area contributed by atoms with E-state index in [1.165, 1.54) is 16.1 Å². The molecular weight excluding hydrogens is 306 g/mol. The van der Waals surface area contributed by atoms with Gasteiger partial charge in [-0.2, -0.15) is 4.80 Å². The molecule has 1 atom stereocenters. The van der Waals surface area contributed by atoms with Crippen LogP contribution < -0.4 is 5.32 Å². The minimum absolute atomic E-state index is 0.0159. The maximum absolute atomic E-state index is 12.0. The summed E-state index contributed by atoms with van der Waals surface area (Å²) in [5.41, 5.74) is 0. The summed E-state index contributed by atoms with van der Waals surface area (Å²) >= 11 is 3.16. The lowest BCUT2D eigenvalue weighted by molar-refractivity contribution is -0.122. The lowest BCUT2D eigenvalue weighted by Gasteiger charge is -2.11. The van der Waals surface area contributed by atoms with E-state index in [0.29, 0.717) is 5.82 Å². The predicted octanol–water partition coefficient (Wildman–Crippen LogP) is 2.34. The summed E-state index contributed by atoms with van der Waals surface area (Å²) < 4.78 is 0. The van der Waals surface area contributed by atoms with Crippen LogP contribution in [0.25, 0.3) is 10.7 Å². The van der Waals surface area contributed by atoms with Crippen LogP contribution in [0.3, 0.4) is 0 Å². The second kappa shape index (κ2) is 6.15. The van der Waals surface area contributed by atoms with E-state index in [1.54, 1.807) is 11.3 Å². The van der Waals surface area contributed by atoms with Gasteiger partial charge in [0.25, 0.3) is 0 Å². The van der Waals surface area contributed by atoms with Crippen LogP contribution in [-0.2, 0) is 11.3 Å². The number of nitrogens with one attached hydrogen (secondary N) is 1. The van der Waals surface area contributed by atoms with Crippen LogP contribution in [-0.4, -0.2) is 26.1 Å². The van der Waals surface area contributed by atoms with Crippen LogP contribution in [0.5, 0.6) is 0 Å². The fourth-order valence-electron chi connectivity index (χ4n) is 1.84. The molecule has 3 heterocycles. The summed E-state index contributed by atoms with van der Waals surface area (Å²) in [6.45, 7) is 2.02. The van der Waals surface area contributed by atoms with Crippen molar-refractivity contribution in [2.45, 2.75) is 19.5 Å². The highest BCUT2D eigenvalue weighted by Crippen LogP contribution is 2.20. The van der Waals surface area contributed by atoms with E-state index in [2.05, 4.69) is 20.7 Å². The number of rotatable bonds is 5. The second-order valence-electron chi connectivity index (χ2n) is 4.43.